The number of hydrogen-bond donors (Lipinski definition) is 1. The van der Waals surface area contributed by atoms with Crippen molar-refractivity contribution in [2.75, 3.05) is 46.1 Å². The van der Waals surface area contributed by atoms with Gasteiger partial charge in [-0.3, -0.25) is 4.90 Å². The van der Waals surface area contributed by atoms with Gasteiger partial charge in [0, 0.05) is 38.4 Å². The van der Waals surface area contributed by atoms with E-state index in [9.17, 15) is 0 Å². The zero-order valence-electron chi connectivity index (χ0n) is 13.9. The molecular weight excluding hydrogens is 252 g/mol. The van der Waals surface area contributed by atoms with Crippen LogP contribution in [-0.2, 0) is 9.47 Å². The van der Waals surface area contributed by atoms with Crippen LogP contribution in [0.15, 0.2) is 0 Å². The first-order valence-electron chi connectivity index (χ1n) is 8.10. The van der Waals surface area contributed by atoms with Gasteiger partial charge in [0.05, 0.1) is 13.2 Å². The van der Waals surface area contributed by atoms with Crippen LogP contribution in [0.5, 0.6) is 0 Å². The number of ether oxygens (including phenoxy) is 2. The van der Waals surface area contributed by atoms with Crippen molar-refractivity contribution < 1.29 is 9.47 Å². The van der Waals surface area contributed by atoms with Crippen LogP contribution in [0.2, 0.25) is 0 Å². The topological polar surface area (TPSA) is 47.7 Å². The molecule has 0 aromatic heterocycles. The monoisotopic (exact) mass is 286 g/mol. The molecule has 2 N–H and O–H groups in total. The Balaban J connectivity index is 2.67. The van der Waals surface area contributed by atoms with Crippen LogP contribution in [0.4, 0.5) is 0 Å². The van der Waals surface area contributed by atoms with E-state index in [1.54, 1.807) is 0 Å². The van der Waals surface area contributed by atoms with E-state index in [1.807, 2.05) is 13.8 Å². The summed E-state index contributed by atoms with van der Waals surface area (Å²) in [5.74, 6) is 0. The summed E-state index contributed by atoms with van der Waals surface area (Å²) < 4.78 is 11.1. The molecule has 1 aliphatic carbocycles. The second-order valence-corrected chi connectivity index (χ2v) is 6.65. The van der Waals surface area contributed by atoms with Gasteiger partial charge in [-0.2, -0.15) is 0 Å². The van der Waals surface area contributed by atoms with Gasteiger partial charge in [0.1, 0.15) is 0 Å². The lowest BCUT2D eigenvalue weighted by atomic mass is 9.86. The Morgan fingerprint density at radius 3 is 1.90 bits per heavy atom. The van der Waals surface area contributed by atoms with Crippen LogP contribution in [0.3, 0.4) is 0 Å². The van der Waals surface area contributed by atoms with Gasteiger partial charge in [0.2, 0.25) is 0 Å². The van der Waals surface area contributed by atoms with E-state index in [2.05, 4.69) is 18.7 Å². The van der Waals surface area contributed by atoms with E-state index in [1.165, 1.54) is 19.3 Å². The lowest BCUT2D eigenvalue weighted by molar-refractivity contribution is 0.0207. The molecule has 0 aliphatic heterocycles. The molecule has 1 aliphatic rings. The largest absolute Gasteiger partial charge is 0.380 e. The Morgan fingerprint density at radius 1 is 1.00 bits per heavy atom. The third-order valence-electron chi connectivity index (χ3n) is 4.54. The zero-order chi connectivity index (χ0) is 15.1. The van der Waals surface area contributed by atoms with E-state index in [4.69, 9.17) is 15.2 Å². The molecule has 4 nitrogen and oxygen atoms in total. The molecule has 20 heavy (non-hydrogen) atoms. The standard InChI is InChI=1S/C16H34N2O2/c1-5-19-11-9-18(10-12-20-6-2)16(14-17)8-7-15(3,4)13-16/h5-14,17H2,1-4H3. The summed E-state index contributed by atoms with van der Waals surface area (Å²) in [6, 6.07) is 0. The summed E-state index contributed by atoms with van der Waals surface area (Å²) in [5, 5.41) is 0. The average Bonchev–Trinajstić information content (AvgIpc) is 2.74. The van der Waals surface area contributed by atoms with Crippen molar-refractivity contribution in [3.63, 3.8) is 0 Å². The summed E-state index contributed by atoms with van der Waals surface area (Å²) >= 11 is 0. The highest BCUT2D eigenvalue weighted by Gasteiger charge is 2.45. The minimum atomic E-state index is 0.137. The second-order valence-electron chi connectivity index (χ2n) is 6.65. The Labute approximate surface area is 125 Å². The number of nitrogens with zero attached hydrogens (tertiary/aromatic N) is 1. The van der Waals surface area contributed by atoms with Gasteiger partial charge in [-0.05, 0) is 38.5 Å². The molecule has 1 fully saturated rings. The number of hydrogen-bond acceptors (Lipinski definition) is 4. The van der Waals surface area contributed by atoms with Gasteiger partial charge < -0.3 is 15.2 Å². The molecule has 1 atom stereocenters. The first-order chi connectivity index (χ1) is 9.49. The SMILES string of the molecule is CCOCCN(CCOCC)C1(CN)CCC(C)(C)C1. The zero-order valence-corrected chi connectivity index (χ0v) is 13.9. The van der Waals surface area contributed by atoms with Crippen molar-refractivity contribution in [3.05, 3.63) is 0 Å². The fourth-order valence-corrected chi connectivity index (χ4v) is 3.44. The van der Waals surface area contributed by atoms with Crippen LogP contribution in [0.1, 0.15) is 47.0 Å². The van der Waals surface area contributed by atoms with Crippen molar-refractivity contribution in [2.45, 2.75) is 52.5 Å². The van der Waals surface area contributed by atoms with E-state index in [0.29, 0.717) is 5.41 Å². The highest BCUT2D eigenvalue weighted by molar-refractivity contribution is 5.02. The fourth-order valence-electron chi connectivity index (χ4n) is 3.44. The highest BCUT2D eigenvalue weighted by Crippen LogP contribution is 2.46. The van der Waals surface area contributed by atoms with Gasteiger partial charge >= 0.3 is 0 Å². The van der Waals surface area contributed by atoms with Crippen molar-refractivity contribution in [3.8, 4) is 0 Å². The van der Waals surface area contributed by atoms with Crippen LogP contribution in [0.25, 0.3) is 0 Å². The fraction of sp³-hybridized carbons (Fsp3) is 1.00. The first-order valence-corrected chi connectivity index (χ1v) is 8.10. The molecule has 0 amide bonds. The van der Waals surface area contributed by atoms with Gasteiger partial charge in [-0.25, -0.2) is 0 Å². The number of rotatable bonds is 10. The molecule has 0 radical (unpaired) electrons. The summed E-state index contributed by atoms with van der Waals surface area (Å²) in [6.07, 6.45) is 3.62. The van der Waals surface area contributed by atoms with E-state index in [-0.39, 0.29) is 5.54 Å². The van der Waals surface area contributed by atoms with Crippen LogP contribution >= 0.6 is 0 Å². The molecule has 120 valence electrons. The van der Waals surface area contributed by atoms with Crippen molar-refractivity contribution in [1.29, 1.82) is 0 Å². The predicted octanol–water partition coefficient (Wildman–Crippen LogP) is 2.27. The predicted molar refractivity (Wildman–Crippen MR) is 84.0 cm³/mol. The van der Waals surface area contributed by atoms with Gasteiger partial charge in [0.25, 0.3) is 0 Å². The minimum Gasteiger partial charge on any atom is -0.380 e. The molecule has 0 heterocycles. The smallest absolute Gasteiger partial charge is 0.0593 e. The van der Waals surface area contributed by atoms with Crippen molar-refractivity contribution in [2.24, 2.45) is 11.1 Å². The van der Waals surface area contributed by atoms with E-state index >= 15 is 0 Å². The Kier molecular flexibility index (Phi) is 7.45. The Bertz CT molecular complexity index is 261. The second kappa shape index (κ2) is 8.32. The molecule has 4 heteroatoms. The molecule has 0 saturated heterocycles. The van der Waals surface area contributed by atoms with Crippen LogP contribution in [-0.4, -0.2) is 56.5 Å². The summed E-state index contributed by atoms with van der Waals surface area (Å²) in [7, 11) is 0. The normalized spacial score (nSPS) is 25.5. The maximum Gasteiger partial charge on any atom is 0.0593 e. The summed E-state index contributed by atoms with van der Waals surface area (Å²) in [6.45, 7) is 14.6. The van der Waals surface area contributed by atoms with Gasteiger partial charge in [-0.15, -0.1) is 0 Å². The molecule has 0 aromatic rings. The first kappa shape index (κ1) is 17.9. The third-order valence-corrected chi connectivity index (χ3v) is 4.54. The lowest BCUT2D eigenvalue weighted by Gasteiger charge is -2.41. The van der Waals surface area contributed by atoms with Gasteiger partial charge in [-0.1, -0.05) is 13.8 Å². The van der Waals surface area contributed by atoms with Crippen molar-refractivity contribution >= 4 is 0 Å². The summed E-state index contributed by atoms with van der Waals surface area (Å²) in [5.41, 5.74) is 6.71. The van der Waals surface area contributed by atoms with E-state index < -0.39 is 0 Å². The lowest BCUT2D eigenvalue weighted by Crippen LogP contribution is -2.54. The van der Waals surface area contributed by atoms with E-state index in [0.717, 1.165) is 46.1 Å². The number of nitrogens with two attached hydrogens (primary N) is 1. The minimum absolute atomic E-state index is 0.137. The Hall–Kier alpha value is -0.160. The molecule has 0 aromatic carbocycles. The Morgan fingerprint density at radius 2 is 1.55 bits per heavy atom. The van der Waals surface area contributed by atoms with Crippen LogP contribution < -0.4 is 5.73 Å². The molecule has 0 spiro atoms. The maximum absolute atomic E-state index is 6.18. The average molecular weight is 286 g/mol. The molecule has 1 rings (SSSR count). The molecule has 1 unspecified atom stereocenters. The third kappa shape index (κ3) is 4.99. The van der Waals surface area contributed by atoms with Crippen LogP contribution in [0, 0.1) is 5.41 Å². The quantitative estimate of drug-likeness (QED) is 0.626. The molecule has 1 saturated carbocycles. The van der Waals surface area contributed by atoms with Gasteiger partial charge in [0.15, 0.2) is 0 Å². The maximum atomic E-state index is 6.18. The molecular formula is C16H34N2O2. The molecule has 0 bridgehead atoms. The van der Waals surface area contributed by atoms with Crippen molar-refractivity contribution in [1.82, 2.24) is 4.90 Å². The summed E-state index contributed by atoms with van der Waals surface area (Å²) in [4.78, 5) is 2.52. The highest BCUT2D eigenvalue weighted by atomic mass is 16.5.